The zero-order valence-corrected chi connectivity index (χ0v) is 32.8. The summed E-state index contributed by atoms with van der Waals surface area (Å²) in [6.07, 6.45) is 12.3. The molecule has 5 heterocycles. The van der Waals surface area contributed by atoms with E-state index < -0.39 is 0 Å². The Labute approximate surface area is 347 Å². The molecule has 12 rings (SSSR count). The van der Waals surface area contributed by atoms with Crippen molar-refractivity contribution >= 4 is 61.0 Å². The lowest BCUT2D eigenvalue weighted by Crippen LogP contribution is -2.08. The first kappa shape index (κ1) is 34.4. The number of aromatic nitrogens is 4. The maximum absolute atomic E-state index is 5.35. The molecule has 0 N–H and O–H groups in total. The van der Waals surface area contributed by atoms with Gasteiger partial charge in [-0.15, -0.1) is 0 Å². The van der Waals surface area contributed by atoms with Crippen molar-refractivity contribution in [1.29, 1.82) is 0 Å². The van der Waals surface area contributed by atoms with Crippen LogP contribution >= 0.6 is 0 Å². The molecule has 0 spiro atoms. The van der Waals surface area contributed by atoms with Crippen molar-refractivity contribution < 1.29 is 0 Å². The van der Waals surface area contributed by atoms with E-state index in [4.69, 9.17) is 19.9 Å². The maximum atomic E-state index is 5.35. The number of pyridine rings is 4. The number of aryl methyl sites for hydroxylation is 2. The van der Waals surface area contributed by atoms with E-state index in [0.717, 1.165) is 120 Å². The summed E-state index contributed by atoms with van der Waals surface area (Å²) in [5.41, 5.74) is 18.2. The minimum absolute atomic E-state index is 0.917. The van der Waals surface area contributed by atoms with Crippen molar-refractivity contribution in [3.8, 4) is 44.9 Å². The van der Waals surface area contributed by atoms with Crippen molar-refractivity contribution in [3.05, 3.63) is 192 Å². The average molecular weight is 768 g/mol. The fourth-order valence-corrected chi connectivity index (χ4v) is 9.18. The van der Waals surface area contributed by atoms with Gasteiger partial charge in [0.1, 0.15) is 0 Å². The summed E-state index contributed by atoms with van der Waals surface area (Å²) in [6, 6.07) is 54.0. The van der Waals surface area contributed by atoms with Crippen LogP contribution in [0.5, 0.6) is 0 Å². The van der Waals surface area contributed by atoms with E-state index in [1.54, 1.807) is 0 Å². The van der Waals surface area contributed by atoms with Crippen molar-refractivity contribution in [1.82, 2.24) is 19.9 Å². The third-order valence-corrected chi connectivity index (χ3v) is 12.3. The van der Waals surface area contributed by atoms with Crippen LogP contribution in [0.3, 0.4) is 0 Å². The summed E-state index contributed by atoms with van der Waals surface area (Å²) >= 11 is 0. The Balaban J connectivity index is 0.911. The lowest BCUT2D eigenvalue weighted by molar-refractivity contribution is 0.971. The van der Waals surface area contributed by atoms with Gasteiger partial charge in [0.25, 0.3) is 0 Å². The van der Waals surface area contributed by atoms with Crippen molar-refractivity contribution in [2.24, 2.45) is 4.99 Å². The van der Waals surface area contributed by atoms with Crippen molar-refractivity contribution in [2.45, 2.75) is 25.7 Å². The number of allylic oxidation sites excluding steroid dienone is 1. The summed E-state index contributed by atoms with van der Waals surface area (Å²) in [4.78, 5) is 25.5. The monoisotopic (exact) mass is 767 g/mol. The van der Waals surface area contributed by atoms with E-state index in [1.807, 2.05) is 12.4 Å². The smallest absolute Gasteiger partial charge is 0.0968 e. The highest BCUT2D eigenvalue weighted by atomic mass is 14.8. The predicted octanol–water partition coefficient (Wildman–Crippen LogP) is 13.6. The fraction of sp³-hybridized carbons (Fsp3) is 0.0727. The zero-order chi connectivity index (χ0) is 39.6. The van der Waals surface area contributed by atoms with Gasteiger partial charge in [0.2, 0.25) is 0 Å². The number of nitrogens with zero attached hydrogens (tertiary/aromatic N) is 5. The molecule has 0 radical (unpaired) electrons. The van der Waals surface area contributed by atoms with Gasteiger partial charge in [0.15, 0.2) is 0 Å². The number of hydrogen-bond acceptors (Lipinski definition) is 5. The third kappa shape index (κ3) is 5.89. The summed E-state index contributed by atoms with van der Waals surface area (Å²) in [7, 11) is 0. The van der Waals surface area contributed by atoms with Crippen LogP contribution in [0, 0.1) is 0 Å². The molecular formula is C55H37N5. The van der Waals surface area contributed by atoms with Crippen LogP contribution in [-0.2, 0) is 12.8 Å². The Hall–Kier alpha value is -7.63. The number of rotatable bonds is 5. The molecule has 2 aliphatic rings. The standard InChI is InChI=1S/C55H37N5/c1-2-8-34(9-3-1)48-27-22-37-16-17-38-23-29-50(60-55(38)54(37)59-48)46-25-24-43(44-12-6-7-13-45(44)46)39-18-14-35-20-26-49(57-52(35)30-39)40-19-15-36-21-28-51(58-53(36)31-40)47-33-56-32-41-10-4-5-11-42(41)47/h1-3,5-9,11-21,23-26,28-33H,4,10,22,27H2. The lowest BCUT2D eigenvalue weighted by Gasteiger charge is -2.18. The molecule has 1 aliphatic heterocycles. The molecule has 0 unspecified atom stereocenters. The first-order chi connectivity index (χ1) is 29.7. The molecular weight excluding hydrogens is 731 g/mol. The number of fused-ring (bicyclic) bond motifs is 7. The first-order valence-corrected chi connectivity index (χ1v) is 20.7. The summed E-state index contributed by atoms with van der Waals surface area (Å²) in [5.74, 6) is 0. The van der Waals surface area contributed by atoms with Gasteiger partial charge in [0.05, 0.1) is 39.3 Å². The second kappa shape index (κ2) is 14.0. The Morgan fingerprint density at radius 3 is 1.95 bits per heavy atom. The highest BCUT2D eigenvalue weighted by molar-refractivity contribution is 6.08. The normalized spacial score (nSPS) is 13.4. The van der Waals surface area contributed by atoms with E-state index in [1.165, 1.54) is 27.6 Å². The molecule has 6 aromatic carbocycles. The lowest BCUT2D eigenvalue weighted by atomic mass is 9.92. The van der Waals surface area contributed by atoms with Gasteiger partial charge >= 0.3 is 0 Å². The second-order valence-electron chi connectivity index (χ2n) is 15.9. The summed E-state index contributed by atoms with van der Waals surface area (Å²) in [6.45, 7) is 0. The molecule has 10 aromatic rings. The molecule has 60 heavy (non-hydrogen) atoms. The second-order valence-corrected chi connectivity index (χ2v) is 15.9. The minimum atomic E-state index is 0.917. The SMILES string of the molecule is C1=Cc2c(cncc2-c2ccc3ccc(-c4ccc5ccc(-c6ccc(-c7ccc8ccc9c(c8n7)N=C(c7ccccc7)CC9)c7ccccc67)cc5n4)cc3n2)CC1. The number of aliphatic imine (C=N–C) groups is 1. The number of hydrogen-bond donors (Lipinski definition) is 0. The number of benzene rings is 6. The third-order valence-electron chi connectivity index (χ3n) is 12.3. The summed E-state index contributed by atoms with van der Waals surface area (Å²) < 4.78 is 0. The van der Waals surface area contributed by atoms with Crippen LogP contribution in [0.15, 0.2) is 175 Å². The highest BCUT2D eigenvalue weighted by Gasteiger charge is 2.19. The average Bonchev–Trinajstić information content (AvgIpc) is 3.32. The largest absolute Gasteiger partial charge is 0.264 e. The Morgan fingerprint density at radius 1 is 0.433 bits per heavy atom. The Morgan fingerprint density at radius 2 is 1.10 bits per heavy atom. The molecule has 0 saturated heterocycles. The molecule has 4 aromatic heterocycles. The van der Waals surface area contributed by atoms with Gasteiger partial charge < -0.3 is 0 Å². The summed E-state index contributed by atoms with van der Waals surface area (Å²) in [5, 5.41) is 5.63. The highest BCUT2D eigenvalue weighted by Crippen LogP contribution is 2.40. The van der Waals surface area contributed by atoms with E-state index >= 15 is 0 Å². The quantitative estimate of drug-likeness (QED) is 0.175. The van der Waals surface area contributed by atoms with Gasteiger partial charge in [-0.25, -0.2) is 15.0 Å². The van der Waals surface area contributed by atoms with Crippen LogP contribution in [0.25, 0.3) is 94.5 Å². The fourth-order valence-electron chi connectivity index (χ4n) is 9.18. The zero-order valence-electron chi connectivity index (χ0n) is 32.8. The van der Waals surface area contributed by atoms with Gasteiger partial charge in [-0.1, -0.05) is 133 Å². The van der Waals surface area contributed by atoms with Gasteiger partial charge in [-0.05, 0) is 100 Å². The van der Waals surface area contributed by atoms with E-state index in [-0.39, 0.29) is 0 Å². The van der Waals surface area contributed by atoms with Crippen LogP contribution in [0.1, 0.15) is 35.1 Å². The predicted molar refractivity (Wildman–Crippen MR) is 248 cm³/mol. The first-order valence-electron chi connectivity index (χ1n) is 20.7. The molecule has 5 nitrogen and oxygen atoms in total. The topological polar surface area (TPSA) is 63.9 Å². The minimum Gasteiger partial charge on any atom is -0.264 e. The van der Waals surface area contributed by atoms with Crippen LogP contribution < -0.4 is 0 Å². The maximum Gasteiger partial charge on any atom is 0.0968 e. The molecule has 0 saturated carbocycles. The van der Waals surface area contributed by atoms with Crippen molar-refractivity contribution in [2.75, 3.05) is 0 Å². The van der Waals surface area contributed by atoms with Crippen molar-refractivity contribution in [3.63, 3.8) is 0 Å². The van der Waals surface area contributed by atoms with Gasteiger partial charge in [-0.3, -0.25) is 9.98 Å². The van der Waals surface area contributed by atoms with Gasteiger partial charge in [0, 0.05) is 51.0 Å². The van der Waals surface area contributed by atoms with E-state index in [9.17, 15) is 0 Å². The van der Waals surface area contributed by atoms with Crippen LogP contribution in [0.4, 0.5) is 5.69 Å². The molecule has 0 bridgehead atoms. The molecule has 282 valence electrons. The molecule has 0 atom stereocenters. The molecule has 0 fully saturated rings. The van der Waals surface area contributed by atoms with Crippen LogP contribution in [-0.4, -0.2) is 25.6 Å². The van der Waals surface area contributed by atoms with E-state index in [2.05, 4.69) is 169 Å². The molecule has 1 aliphatic carbocycles. The van der Waals surface area contributed by atoms with Gasteiger partial charge in [-0.2, -0.15) is 0 Å². The Kier molecular flexibility index (Phi) is 8.05. The molecule has 5 heteroatoms. The van der Waals surface area contributed by atoms with Crippen LogP contribution in [0.2, 0.25) is 0 Å². The molecule has 0 amide bonds. The Bertz CT molecular complexity index is 3440. The van der Waals surface area contributed by atoms with E-state index in [0.29, 0.717) is 0 Å².